The van der Waals surface area contributed by atoms with Gasteiger partial charge in [0.1, 0.15) is 5.88 Å². The number of halogens is 1. The third-order valence-corrected chi connectivity index (χ3v) is 1.60. The maximum absolute atomic E-state index is 11.2. The first-order valence-corrected chi connectivity index (χ1v) is 4.61. The molecule has 0 aromatic rings. The zero-order valence-corrected chi connectivity index (χ0v) is 8.89. The van der Waals surface area contributed by atoms with Crippen LogP contribution in [0.2, 0.25) is 0 Å². The molecular weight excluding hydrogens is 192 g/mol. The molecule has 76 valence electrons. The monoisotopic (exact) mass is 206 g/mol. The molecule has 0 unspecified atom stereocenters. The summed E-state index contributed by atoms with van der Waals surface area (Å²) < 4.78 is 0. The van der Waals surface area contributed by atoms with E-state index in [1.165, 1.54) is 4.90 Å². The predicted molar refractivity (Wildman–Crippen MR) is 51.7 cm³/mol. The van der Waals surface area contributed by atoms with Gasteiger partial charge in [-0.1, -0.05) is 13.8 Å². The van der Waals surface area contributed by atoms with Crippen molar-refractivity contribution in [1.82, 2.24) is 10.2 Å². The molecule has 1 N–H and O–H groups in total. The van der Waals surface area contributed by atoms with Gasteiger partial charge in [0.15, 0.2) is 0 Å². The summed E-state index contributed by atoms with van der Waals surface area (Å²) in [5.74, 6) is -0.287. The van der Waals surface area contributed by atoms with Gasteiger partial charge in [-0.3, -0.25) is 10.1 Å². The fourth-order valence-corrected chi connectivity index (χ4v) is 0.946. The average Bonchev–Trinajstić information content (AvgIpc) is 2.02. The van der Waals surface area contributed by atoms with Crippen LogP contribution in [0.15, 0.2) is 0 Å². The number of imide groups is 1. The summed E-state index contributed by atoms with van der Waals surface area (Å²) in [6, 6.07) is -0.403. The number of hydrogen-bond acceptors (Lipinski definition) is 2. The minimum atomic E-state index is -0.470. The Labute approximate surface area is 83.2 Å². The minimum absolute atomic E-state index is 0.193. The number of rotatable bonds is 3. The molecule has 0 aliphatic carbocycles. The first kappa shape index (κ1) is 12.2. The van der Waals surface area contributed by atoms with Gasteiger partial charge in [-0.2, -0.15) is 0 Å². The van der Waals surface area contributed by atoms with Crippen molar-refractivity contribution in [3.8, 4) is 0 Å². The van der Waals surface area contributed by atoms with Crippen LogP contribution in [0.3, 0.4) is 0 Å². The number of nitrogens with zero attached hydrogens (tertiary/aromatic N) is 1. The Kier molecular flexibility index (Phi) is 5.46. The van der Waals surface area contributed by atoms with Crippen molar-refractivity contribution in [2.24, 2.45) is 5.92 Å². The Morgan fingerprint density at radius 3 is 2.38 bits per heavy atom. The molecule has 3 amide bonds. The second-order valence-electron chi connectivity index (χ2n) is 3.26. The largest absolute Gasteiger partial charge is 0.327 e. The molecule has 0 rings (SSSR count). The number of hydrogen-bond donors (Lipinski definition) is 1. The topological polar surface area (TPSA) is 49.4 Å². The Hall–Kier alpha value is -0.770. The second kappa shape index (κ2) is 5.80. The first-order chi connectivity index (χ1) is 5.97. The molecule has 0 aliphatic heterocycles. The maximum Gasteiger partial charge on any atom is 0.323 e. The van der Waals surface area contributed by atoms with Crippen molar-refractivity contribution in [3.63, 3.8) is 0 Å². The number of amides is 3. The minimum Gasteiger partial charge on any atom is -0.327 e. The van der Waals surface area contributed by atoms with Crippen molar-refractivity contribution in [2.45, 2.75) is 13.8 Å². The lowest BCUT2D eigenvalue weighted by Gasteiger charge is -2.18. The van der Waals surface area contributed by atoms with E-state index in [4.69, 9.17) is 11.6 Å². The van der Waals surface area contributed by atoms with Crippen LogP contribution >= 0.6 is 11.6 Å². The Balaban J connectivity index is 3.89. The van der Waals surface area contributed by atoms with Gasteiger partial charge in [0.25, 0.3) is 0 Å². The molecule has 0 spiro atoms. The smallest absolute Gasteiger partial charge is 0.323 e. The number of carbonyl (C=O) groups excluding carboxylic acids is 2. The fraction of sp³-hybridized carbons (Fsp3) is 0.750. The van der Waals surface area contributed by atoms with E-state index in [2.05, 4.69) is 5.32 Å². The highest BCUT2D eigenvalue weighted by Crippen LogP contribution is 1.95. The third kappa shape index (κ3) is 5.47. The number of nitrogens with one attached hydrogen (secondary N) is 1. The van der Waals surface area contributed by atoms with Crippen LogP contribution in [-0.4, -0.2) is 36.3 Å². The van der Waals surface area contributed by atoms with Crippen molar-refractivity contribution >= 4 is 23.5 Å². The van der Waals surface area contributed by atoms with Gasteiger partial charge in [0.05, 0.1) is 0 Å². The van der Waals surface area contributed by atoms with E-state index in [9.17, 15) is 9.59 Å². The molecule has 0 atom stereocenters. The van der Waals surface area contributed by atoms with Crippen molar-refractivity contribution in [2.75, 3.05) is 19.5 Å². The summed E-state index contributed by atoms with van der Waals surface area (Å²) in [7, 11) is 1.64. The van der Waals surface area contributed by atoms with E-state index in [0.717, 1.165) is 0 Å². The molecule has 0 aromatic heterocycles. The summed E-state index contributed by atoms with van der Waals surface area (Å²) in [5.41, 5.74) is 0. The highest BCUT2D eigenvalue weighted by molar-refractivity contribution is 6.28. The van der Waals surface area contributed by atoms with Gasteiger partial charge < -0.3 is 4.90 Å². The van der Waals surface area contributed by atoms with Crippen LogP contribution in [0.4, 0.5) is 4.79 Å². The van der Waals surface area contributed by atoms with E-state index in [1.54, 1.807) is 7.05 Å². The molecule has 0 saturated heterocycles. The quantitative estimate of drug-likeness (QED) is 0.702. The Morgan fingerprint density at radius 1 is 1.46 bits per heavy atom. The Morgan fingerprint density at radius 2 is 2.00 bits per heavy atom. The predicted octanol–water partition coefficient (Wildman–Crippen LogP) is 1.05. The van der Waals surface area contributed by atoms with Crippen molar-refractivity contribution in [1.29, 1.82) is 0 Å². The molecule has 4 nitrogen and oxygen atoms in total. The average molecular weight is 207 g/mol. The first-order valence-electron chi connectivity index (χ1n) is 4.08. The molecular formula is C8H15ClN2O2. The summed E-state index contributed by atoms with van der Waals surface area (Å²) in [6.07, 6.45) is 0. The Bertz CT molecular complexity index is 195. The molecule has 0 saturated carbocycles. The highest BCUT2D eigenvalue weighted by Gasteiger charge is 2.12. The van der Waals surface area contributed by atoms with E-state index in [0.29, 0.717) is 12.5 Å². The van der Waals surface area contributed by atoms with Crippen LogP contribution in [0.1, 0.15) is 13.8 Å². The molecule has 13 heavy (non-hydrogen) atoms. The molecule has 0 aromatic carbocycles. The zero-order chi connectivity index (χ0) is 10.4. The maximum atomic E-state index is 11.2. The second-order valence-corrected chi connectivity index (χ2v) is 3.53. The lowest BCUT2D eigenvalue weighted by Crippen LogP contribution is -2.42. The number of alkyl halides is 1. The van der Waals surface area contributed by atoms with Crippen LogP contribution < -0.4 is 5.32 Å². The molecule has 0 heterocycles. The summed E-state index contributed by atoms with van der Waals surface area (Å²) >= 11 is 5.22. The van der Waals surface area contributed by atoms with E-state index in [-0.39, 0.29) is 5.88 Å². The number of carbonyl (C=O) groups is 2. The van der Waals surface area contributed by atoms with Crippen molar-refractivity contribution < 1.29 is 9.59 Å². The highest BCUT2D eigenvalue weighted by atomic mass is 35.5. The van der Waals surface area contributed by atoms with E-state index in [1.807, 2.05) is 13.8 Å². The van der Waals surface area contributed by atoms with Gasteiger partial charge in [-0.05, 0) is 5.92 Å². The van der Waals surface area contributed by atoms with Crippen LogP contribution in [0, 0.1) is 5.92 Å². The SMILES string of the molecule is CC(C)CN(C)C(=O)NC(=O)CCl. The van der Waals surface area contributed by atoms with Gasteiger partial charge in [0, 0.05) is 13.6 Å². The standard InChI is InChI=1S/C8H15ClN2O2/c1-6(2)5-11(3)8(13)10-7(12)4-9/h6H,4-5H2,1-3H3,(H,10,12,13). The molecule has 0 radical (unpaired) electrons. The lowest BCUT2D eigenvalue weighted by atomic mass is 10.2. The van der Waals surface area contributed by atoms with Gasteiger partial charge in [0.2, 0.25) is 5.91 Å². The van der Waals surface area contributed by atoms with E-state index < -0.39 is 11.9 Å². The summed E-state index contributed by atoms with van der Waals surface area (Å²) in [4.78, 5) is 23.4. The normalized spacial score (nSPS) is 9.92. The third-order valence-electron chi connectivity index (χ3n) is 1.35. The van der Waals surface area contributed by atoms with E-state index >= 15 is 0 Å². The lowest BCUT2D eigenvalue weighted by molar-refractivity contribution is -0.117. The number of urea groups is 1. The van der Waals surface area contributed by atoms with Gasteiger partial charge in [-0.15, -0.1) is 11.6 Å². The summed E-state index contributed by atoms with van der Waals surface area (Å²) in [5, 5.41) is 2.15. The summed E-state index contributed by atoms with van der Waals surface area (Å²) in [6.45, 7) is 4.60. The van der Waals surface area contributed by atoms with Crippen molar-refractivity contribution in [3.05, 3.63) is 0 Å². The van der Waals surface area contributed by atoms with Crippen LogP contribution in [-0.2, 0) is 4.79 Å². The zero-order valence-electron chi connectivity index (χ0n) is 8.13. The fourth-order valence-electron chi connectivity index (χ4n) is 0.879. The molecule has 5 heteroatoms. The van der Waals surface area contributed by atoms with Crippen LogP contribution in [0.25, 0.3) is 0 Å². The van der Waals surface area contributed by atoms with Gasteiger partial charge >= 0.3 is 6.03 Å². The molecule has 0 aliphatic rings. The van der Waals surface area contributed by atoms with Gasteiger partial charge in [-0.25, -0.2) is 4.79 Å². The van der Waals surface area contributed by atoms with Crippen LogP contribution in [0.5, 0.6) is 0 Å². The molecule has 0 fully saturated rings. The molecule has 0 bridgehead atoms.